The van der Waals surface area contributed by atoms with Gasteiger partial charge in [0.25, 0.3) is 0 Å². The van der Waals surface area contributed by atoms with Crippen LogP contribution in [0.25, 0.3) is 0 Å². The Labute approximate surface area is 92.7 Å². The molecule has 0 bridgehead atoms. The van der Waals surface area contributed by atoms with Crippen LogP contribution in [0.5, 0.6) is 0 Å². The van der Waals surface area contributed by atoms with Gasteiger partial charge in [0.2, 0.25) is 5.91 Å². The number of nitrogens with zero attached hydrogens (tertiary/aromatic N) is 1. The summed E-state index contributed by atoms with van der Waals surface area (Å²) in [4.78, 5) is 11.5. The van der Waals surface area contributed by atoms with E-state index in [1.165, 1.54) is 0 Å². The predicted molar refractivity (Wildman–Crippen MR) is 57.5 cm³/mol. The summed E-state index contributed by atoms with van der Waals surface area (Å²) >= 11 is 6.10. The normalized spacial score (nSPS) is 23.9. The molecule has 0 spiro atoms. The number of carbonyl (C=O) groups excluding carboxylic acids is 1. The molecule has 0 fully saturated rings. The molecule has 1 N–H and O–H groups in total. The minimum atomic E-state index is -0.805. The SMILES string of the molecule is Cc1ccc2c(c1)C(Cl)C(C#N)C(=O)N2. The highest BCUT2D eigenvalue weighted by molar-refractivity contribution is 6.24. The van der Waals surface area contributed by atoms with Gasteiger partial charge in [0, 0.05) is 5.69 Å². The monoisotopic (exact) mass is 220 g/mol. The lowest BCUT2D eigenvalue weighted by molar-refractivity contribution is -0.118. The van der Waals surface area contributed by atoms with Crippen LogP contribution in [0.1, 0.15) is 16.5 Å². The number of nitriles is 1. The Hall–Kier alpha value is -1.53. The number of hydrogen-bond donors (Lipinski definition) is 1. The van der Waals surface area contributed by atoms with Crippen molar-refractivity contribution in [3.63, 3.8) is 0 Å². The molecule has 0 radical (unpaired) electrons. The number of benzene rings is 1. The average molecular weight is 221 g/mol. The highest BCUT2D eigenvalue weighted by Gasteiger charge is 2.34. The van der Waals surface area contributed by atoms with Crippen LogP contribution in [0.4, 0.5) is 5.69 Å². The average Bonchev–Trinajstić information content (AvgIpc) is 2.20. The van der Waals surface area contributed by atoms with Gasteiger partial charge in [0.15, 0.2) is 0 Å². The molecule has 0 saturated carbocycles. The second-order valence-electron chi connectivity index (χ2n) is 3.59. The Morgan fingerprint density at radius 2 is 2.27 bits per heavy atom. The van der Waals surface area contributed by atoms with Crippen LogP contribution in [0, 0.1) is 24.2 Å². The summed E-state index contributed by atoms with van der Waals surface area (Å²) < 4.78 is 0. The fourth-order valence-electron chi connectivity index (χ4n) is 1.67. The van der Waals surface area contributed by atoms with Crippen molar-refractivity contribution in [2.24, 2.45) is 5.92 Å². The maximum Gasteiger partial charge on any atom is 0.243 e. The topological polar surface area (TPSA) is 52.9 Å². The summed E-state index contributed by atoms with van der Waals surface area (Å²) in [6, 6.07) is 7.53. The van der Waals surface area contributed by atoms with Crippen molar-refractivity contribution in [3.05, 3.63) is 29.3 Å². The number of anilines is 1. The maximum atomic E-state index is 11.5. The Balaban J connectivity index is 2.52. The van der Waals surface area contributed by atoms with E-state index in [9.17, 15) is 4.79 Å². The first-order valence-electron chi connectivity index (χ1n) is 4.58. The molecule has 1 aromatic rings. The van der Waals surface area contributed by atoms with E-state index >= 15 is 0 Å². The van der Waals surface area contributed by atoms with E-state index < -0.39 is 11.3 Å². The lowest BCUT2D eigenvalue weighted by Gasteiger charge is -2.25. The van der Waals surface area contributed by atoms with Crippen LogP contribution in [0.3, 0.4) is 0 Å². The number of amides is 1. The largest absolute Gasteiger partial charge is 0.325 e. The second-order valence-corrected chi connectivity index (χ2v) is 4.06. The van der Waals surface area contributed by atoms with Gasteiger partial charge in [-0.2, -0.15) is 5.26 Å². The third kappa shape index (κ3) is 1.57. The molecule has 0 aromatic heterocycles. The molecule has 76 valence electrons. The lowest BCUT2D eigenvalue weighted by Crippen LogP contribution is -2.30. The van der Waals surface area contributed by atoms with E-state index in [0.29, 0.717) is 5.69 Å². The number of halogens is 1. The summed E-state index contributed by atoms with van der Waals surface area (Å²) in [5.41, 5.74) is 2.59. The van der Waals surface area contributed by atoms with Crippen molar-refractivity contribution in [3.8, 4) is 6.07 Å². The first kappa shape index (κ1) is 10.0. The van der Waals surface area contributed by atoms with E-state index in [4.69, 9.17) is 16.9 Å². The van der Waals surface area contributed by atoms with Crippen molar-refractivity contribution in [1.29, 1.82) is 5.26 Å². The van der Waals surface area contributed by atoms with Crippen molar-refractivity contribution >= 4 is 23.2 Å². The van der Waals surface area contributed by atoms with E-state index in [0.717, 1.165) is 11.1 Å². The summed E-state index contributed by atoms with van der Waals surface area (Å²) in [6.45, 7) is 1.95. The molecule has 4 heteroatoms. The Kier molecular flexibility index (Phi) is 2.37. The number of rotatable bonds is 0. The van der Waals surface area contributed by atoms with Gasteiger partial charge in [-0.05, 0) is 18.6 Å². The number of fused-ring (bicyclic) bond motifs is 1. The van der Waals surface area contributed by atoms with E-state index in [1.807, 2.05) is 31.2 Å². The zero-order chi connectivity index (χ0) is 11.0. The molecule has 1 aliphatic rings. The first-order chi connectivity index (χ1) is 7.13. The Bertz CT molecular complexity index is 464. The minimum absolute atomic E-state index is 0.325. The van der Waals surface area contributed by atoms with Crippen molar-refractivity contribution in [1.82, 2.24) is 0 Å². The van der Waals surface area contributed by atoms with Gasteiger partial charge in [-0.3, -0.25) is 4.79 Å². The summed E-state index contributed by atoms with van der Waals surface area (Å²) in [5.74, 6) is -1.13. The van der Waals surface area contributed by atoms with Gasteiger partial charge < -0.3 is 5.32 Å². The van der Waals surface area contributed by atoms with Gasteiger partial charge in [-0.15, -0.1) is 11.6 Å². The summed E-state index contributed by atoms with van der Waals surface area (Å²) in [5, 5.41) is 10.9. The molecule has 1 heterocycles. The van der Waals surface area contributed by atoms with Gasteiger partial charge in [0.1, 0.15) is 5.92 Å². The molecular formula is C11H9ClN2O. The third-order valence-corrected chi connectivity index (χ3v) is 2.96. The first-order valence-corrected chi connectivity index (χ1v) is 5.02. The molecule has 1 aliphatic heterocycles. The quantitative estimate of drug-likeness (QED) is 0.683. The fraction of sp³-hybridized carbons (Fsp3) is 0.273. The molecule has 2 unspecified atom stereocenters. The summed E-state index contributed by atoms with van der Waals surface area (Å²) in [7, 11) is 0. The number of hydrogen-bond acceptors (Lipinski definition) is 2. The number of alkyl halides is 1. The molecule has 15 heavy (non-hydrogen) atoms. The van der Waals surface area contributed by atoms with Crippen molar-refractivity contribution < 1.29 is 4.79 Å². The molecule has 3 nitrogen and oxygen atoms in total. The predicted octanol–water partition coefficient (Wildman–Crippen LogP) is 2.37. The number of carbonyl (C=O) groups is 1. The van der Waals surface area contributed by atoms with Gasteiger partial charge in [0.05, 0.1) is 11.4 Å². The standard InChI is InChI=1S/C11H9ClN2O/c1-6-2-3-9-7(4-6)10(12)8(5-13)11(15)14-9/h2-4,8,10H,1H3,(H,14,15). The second kappa shape index (κ2) is 3.56. The molecule has 1 aromatic carbocycles. The molecule has 2 atom stereocenters. The number of nitrogens with one attached hydrogen (secondary N) is 1. The highest BCUT2D eigenvalue weighted by Crippen LogP contribution is 2.38. The third-order valence-electron chi connectivity index (χ3n) is 2.48. The minimum Gasteiger partial charge on any atom is -0.325 e. The van der Waals surface area contributed by atoms with Crippen molar-refractivity contribution in [2.45, 2.75) is 12.3 Å². The number of aryl methyl sites for hydroxylation is 1. The lowest BCUT2D eigenvalue weighted by atomic mass is 9.92. The van der Waals surface area contributed by atoms with Gasteiger partial charge in [-0.25, -0.2) is 0 Å². The molecule has 0 aliphatic carbocycles. The highest BCUT2D eigenvalue weighted by atomic mass is 35.5. The van der Waals surface area contributed by atoms with Crippen molar-refractivity contribution in [2.75, 3.05) is 5.32 Å². The van der Waals surface area contributed by atoms with Crippen LogP contribution >= 0.6 is 11.6 Å². The smallest absolute Gasteiger partial charge is 0.243 e. The zero-order valence-corrected chi connectivity index (χ0v) is 8.88. The Morgan fingerprint density at radius 3 is 2.93 bits per heavy atom. The van der Waals surface area contributed by atoms with E-state index in [1.54, 1.807) is 0 Å². The van der Waals surface area contributed by atoms with E-state index in [2.05, 4.69) is 5.32 Å². The Morgan fingerprint density at radius 1 is 1.53 bits per heavy atom. The zero-order valence-electron chi connectivity index (χ0n) is 8.12. The molecule has 2 rings (SSSR count). The fourth-order valence-corrected chi connectivity index (χ4v) is 2.02. The van der Waals surface area contributed by atoms with Crippen LogP contribution in [-0.4, -0.2) is 5.91 Å². The van der Waals surface area contributed by atoms with Crippen LogP contribution in [0.15, 0.2) is 18.2 Å². The summed E-state index contributed by atoms with van der Waals surface area (Å²) in [6.07, 6.45) is 0. The van der Waals surface area contributed by atoms with Crippen LogP contribution in [-0.2, 0) is 4.79 Å². The molecular weight excluding hydrogens is 212 g/mol. The molecule has 0 saturated heterocycles. The van der Waals surface area contributed by atoms with Crippen LogP contribution < -0.4 is 5.32 Å². The van der Waals surface area contributed by atoms with Gasteiger partial charge >= 0.3 is 0 Å². The maximum absolute atomic E-state index is 11.5. The van der Waals surface area contributed by atoms with E-state index in [-0.39, 0.29) is 5.91 Å². The van der Waals surface area contributed by atoms with Crippen LogP contribution in [0.2, 0.25) is 0 Å². The molecule has 1 amide bonds. The van der Waals surface area contributed by atoms with Gasteiger partial charge in [-0.1, -0.05) is 17.7 Å².